The molecule has 0 spiro atoms. The molecule has 2 aromatic rings. The Kier molecular flexibility index (Phi) is 5.77. The molecule has 0 bridgehead atoms. The van der Waals surface area contributed by atoms with Crippen molar-refractivity contribution in [3.8, 4) is 0 Å². The lowest BCUT2D eigenvalue weighted by Crippen LogP contribution is -2.39. The summed E-state index contributed by atoms with van der Waals surface area (Å²) in [4.78, 5) is 4.22. The lowest BCUT2D eigenvalue weighted by atomic mass is 10.4. The van der Waals surface area contributed by atoms with Crippen LogP contribution < -0.4 is 10.6 Å². The molecule has 1 aliphatic carbocycles. The van der Waals surface area contributed by atoms with Crippen LogP contribution >= 0.6 is 24.0 Å². The van der Waals surface area contributed by atoms with Gasteiger partial charge in [-0.1, -0.05) is 6.07 Å². The minimum atomic E-state index is 0. The molecule has 2 aromatic heterocycles. The van der Waals surface area contributed by atoms with Gasteiger partial charge >= 0.3 is 0 Å². The molecule has 2 N–H and O–H groups in total. The van der Waals surface area contributed by atoms with E-state index >= 15 is 0 Å². The van der Waals surface area contributed by atoms with Crippen LogP contribution in [-0.2, 0) is 6.42 Å². The maximum absolute atomic E-state index is 4.22. The summed E-state index contributed by atoms with van der Waals surface area (Å²) < 4.78 is 2.02. The van der Waals surface area contributed by atoms with Crippen molar-refractivity contribution in [1.29, 1.82) is 0 Å². The van der Waals surface area contributed by atoms with E-state index in [2.05, 4.69) is 25.8 Å². The van der Waals surface area contributed by atoms with Crippen LogP contribution in [0.25, 0.3) is 5.65 Å². The molecular formula is C14H21IN6. The molecule has 0 aliphatic heterocycles. The molecule has 0 atom stereocenters. The summed E-state index contributed by atoms with van der Waals surface area (Å²) in [5, 5.41) is 15.0. The minimum absolute atomic E-state index is 0. The fourth-order valence-electron chi connectivity index (χ4n) is 2.14. The Labute approximate surface area is 141 Å². The highest BCUT2D eigenvalue weighted by atomic mass is 127. The molecule has 0 amide bonds. The molecule has 0 unspecified atom stereocenters. The average Bonchev–Trinajstić information content (AvgIpc) is 3.23. The third kappa shape index (κ3) is 4.29. The van der Waals surface area contributed by atoms with E-state index in [1.54, 1.807) is 7.05 Å². The Morgan fingerprint density at radius 3 is 2.95 bits per heavy atom. The molecule has 7 heteroatoms. The number of halogens is 1. The van der Waals surface area contributed by atoms with Crippen molar-refractivity contribution in [1.82, 2.24) is 25.2 Å². The molecular weight excluding hydrogens is 379 g/mol. The summed E-state index contributed by atoms with van der Waals surface area (Å²) in [6.07, 6.45) is 5.49. The third-order valence-corrected chi connectivity index (χ3v) is 3.50. The number of pyridine rings is 1. The topological polar surface area (TPSA) is 66.6 Å². The lowest BCUT2D eigenvalue weighted by molar-refractivity contribution is 0.724. The largest absolute Gasteiger partial charge is 0.356 e. The van der Waals surface area contributed by atoms with Gasteiger partial charge in [0.15, 0.2) is 11.6 Å². The predicted molar refractivity (Wildman–Crippen MR) is 94.2 cm³/mol. The molecule has 0 radical (unpaired) electrons. The van der Waals surface area contributed by atoms with Crippen molar-refractivity contribution in [2.75, 3.05) is 20.1 Å². The number of aliphatic imine (C=N–C) groups is 1. The Hall–Kier alpha value is -1.38. The highest BCUT2D eigenvalue weighted by Crippen LogP contribution is 2.27. The summed E-state index contributed by atoms with van der Waals surface area (Å²) in [7, 11) is 1.80. The smallest absolute Gasteiger partial charge is 0.190 e. The van der Waals surface area contributed by atoms with Crippen LogP contribution in [0.5, 0.6) is 0 Å². The summed E-state index contributed by atoms with van der Waals surface area (Å²) in [5.41, 5.74) is 0.888. The van der Waals surface area contributed by atoms with Crippen LogP contribution in [0.3, 0.4) is 0 Å². The highest BCUT2D eigenvalue weighted by Gasteiger charge is 2.20. The summed E-state index contributed by atoms with van der Waals surface area (Å²) >= 11 is 0. The quantitative estimate of drug-likeness (QED) is 0.453. The van der Waals surface area contributed by atoms with Crippen LogP contribution in [-0.4, -0.2) is 40.7 Å². The van der Waals surface area contributed by atoms with E-state index in [0.29, 0.717) is 0 Å². The molecule has 6 nitrogen and oxygen atoms in total. The van der Waals surface area contributed by atoms with Gasteiger partial charge in [0, 0.05) is 32.8 Å². The summed E-state index contributed by atoms with van der Waals surface area (Å²) in [6.45, 7) is 1.81. The number of nitrogens with one attached hydrogen (secondary N) is 2. The SMILES string of the molecule is CN=C(NCCc1nnc2ccccn12)NCC1CC1.I. The van der Waals surface area contributed by atoms with Gasteiger partial charge in [0.2, 0.25) is 0 Å². The average molecular weight is 400 g/mol. The number of rotatable bonds is 5. The molecule has 1 saturated carbocycles. The van der Waals surface area contributed by atoms with E-state index < -0.39 is 0 Å². The Morgan fingerprint density at radius 2 is 2.19 bits per heavy atom. The first kappa shape index (κ1) is 16.0. The molecule has 1 aliphatic rings. The van der Waals surface area contributed by atoms with Gasteiger partial charge in [0.1, 0.15) is 5.82 Å². The van der Waals surface area contributed by atoms with Gasteiger partial charge in [-0.3, -0.25) is 9.39 Å². The number of fused-ring (bicyclic) bond motifs is 1. The maximum Gasteiger partial charge on any atom is 0.190 e. The minimum Gasteiger partial charge on any atom is -0.356 e. The second-order valence-corrected chi connectivity index (χ2v) is 5.12. The van der Waals surface area contributed by atoms with Gasteiger partial charge in [0.25, 0.3) is 0 Å². The van der Waals surface area contributed by atoms with Gasteiger partial charge in [0.05, 0.1) is 0 Å². The normalized spacial score (nSPS) is 14.8. The third-order valence-electron chi connectivity index (χ3n) is 3.50. The highest BCUT2D eigenvalue weighted by molar-refractivity contribution is 14.0. The summed E-state index contributed by atoms with van der Waals surface area (Å²) in [5.74, 6) is 2.67. The Bertz CT molecular complexity index is 604. The first-order valence-corrected chi connectivity index (χ1v) is 7.10. The fourth-order valence-corrected chi connectivity index (χ4v) is 2.14. The van der Waals surface area contributed by atoms with E-state index in [9.17, 15) is 0 Å². The van der Waals surface area contributed by atoms with Gasteiger partial charge in [-0.25, -0.2) is 0 Å². The second-order valence-electron chi connectivity index (χ2n) is 5.12. The van der Waals surface area contributed by atoms with E-state index in [-0.39, 0.29) is 24.0 Å². The maximum atomic E-state index is 4.22. The molecule has 21 heavy (non-hydrogen) atoms. The van der Waals surface area contributed by atoms with Crippen LogP contribution in [0.2, 0.25) is 0 Å². The summed E-state index contributed by atoms with van der Waals surface area (Å²) in [6, 6.07) is 5.92. The predicted octanol–water partition coefficient (Wildman–Crippen LogP) is 1.46. The van der Waals surface area contributed by atoms with E-state index in [1.807, 2.05) is 28.8 Å². The van der Waals surface area contributed by atoms with Crippen molar-refractivity contribution < 1.29 is 0 Å². The molecule has 0 saturated heterocycles. The fraction of sp³-hybridized carbons (Fsp3) is 0.500. The second kappa shape index (κ2) is 7.58. The van der Waals surface area contributed by atoms with Crippen LogP contribution in [0.1, 0.15) is 18.7 Å². The zero-order valence-electron chi connectivity index (χ0n) is 12.1. The molecule has 114 valence electrons. The number of guanidine groups is 1. The zero-order valence-corrected chi connectivity index (χ0v) is 14.4. The van der Waals surface area contributed by atoms with E-state index in [1.165, 1.54) is 12.8 Å². The number of hydrogen-bond acceptors (Lipinski definition) is 3. The first-order chi connectivity index (χ1) is 9.86. The molecule has 0 aromatic carbocycles. The van der Waals surface area contributed by atoms with Gasteiger partial charge in [-0.05, 0) is 30.9 Å². The van der Waals surface area contributed by atoms with E-state index in [4.69, 9.17) is 0 Å². The van der Waals surface area contributed by atoms with Gasteiger partial charge < -0.3 is 10.6 Å². The number of nitrogens with zero attached hydrogens (tertiary/aromatic N) is 4. The van der Waals surface area contributed by atoms with Crippen LogP contribution in [0.4, 0.5) is 0 Å². The van der Waals surface area contributed by atoms with Crippen molar-refractivity contribution in [2.24, 2.45) is 10.9 Å². The lowest BCUT2D eigenvalue weighted by Gasteiger charge is -2.10. The zero-order chi connectivity index (χ0) is 13.8. The van der Waals surface area contributed by atoms with E-state index in [0.717, 1.165) is 42.9 Å². The van der Waals surface area contributed by atoms with Crippen molar-refractivity contribution in [3.63, 3.8) is 0 Å². The van der Waals surface area contributed by atoms with Gasteiger partial charge in [-0.15, -0.1) is 34.2 Å². The Balaban J connectivity index is 0.00000161. The number of hydrogen-bond donors (Lipinski definition) is 2. The Morgan fingerprint density at radius 1 is 1.33 bits per heavy atom. The van der Waals surface area contributed by atoms with Gasteiger partial charge in [-0.2, -0.15) is 0 Å². The van der Waals surface area contributed by atoms with Crippen LogP contribution in [0.15, 0.2) is 29.4 Å². The van der Waals surface area contributed by atoms with Crippen molar-refractivity contribution >= 4 is 35.6 Å². The standard InChI is InChI=1S/C14H20N6.HI/c1-15-14(17-10-11-5-6-11)16-8-7-13-19-18-12-4-2-3-9-20(12)13;/h2-4,9,11H,5-8,10H2,1H3,(H2,15,16,17);1H. The molecule has 1 fully saturated rings. The van der Waals surface area contributed by atoms with Crippen molar-refractivity contribution in [2.45, 2.75) is 19.3 Å². The van der Waals surface area contributed by atoms with Crippen LogP contribution in [0, 0.1) is 5.92 Å². The molecule has 3 rings (SSSR count). The van der Waals surface area contributed by atoms with Crippen molar-refractivity contribution in [3.05, 3.63) is 30.2 Å². The molecule has 2 heterocycles. The monoisotopic (exact) mass is 400 g/mol. The first-order valence-electron chi connectivity index (χ1n) is 7.10. The number of aromatic nitrogens is 3.